The van der Waals surface area contributed by atoms with E-state index in [0.29, 0.717) is 5.56 Å². The van der Waals surface area contributed by atoms with Crippen LogP contribution in [-0.4, -0.2) is 17.4 Å². The first-order valence-electron chi connectivity index (χ1n) is 8.07. The summed E-state index contributed by atoms with van der Waals surface area (Å²) in [5.74, 6) is -0.440. The van der Waals surface area contributed by atoms with Crippen molar-refractivity contribution in [1.82, 2.24) is 15.6 Å². The van der Waals surface area contributed by atoms with Gasteiger partial charge >= 0.3 is 6.18 Å². The maximum atomic E-state index is 13.0. The molecule has 2 heterocycles. The van der Waals surface area contributed by atoms with Crippen molar-refractivity contribution in [2.24, 2.45) is 0 Å². The second-order valence-electron chi connectivity index (χ2n) is 5.99. The molecule has 132 valence electrons. The summed E-state index contributed by atoms with van der Waals surface area (Å²) in [6.07, 6.45) is 0.722. The first-order chi connectivity index (χ1) is 11.9. The van der Waals surface area contributed by atoms with Crippen LogP contribution in [0.1, 0.15) is 45.9 Å². The average Bonchev–Trinajstić information content (AvgIpc) is 3.14. The maximum absolute atomic E-state index is 13.0. The van der Waals surface area contributed by atoms with Gasteiger partial charge in [0.05, 0.1) is 11.1 Å². The number of carbonyl (C=O) groups excluding carboxylic acids is 1. The Kier molecular flexibility index (Phi) is 5.03. The lowest BCUT2D eigenvalue weighted by atomic mass is 10.0. The Bertz CT molecular complexity index is 755. The van der Waals surface area contributed by atoms with E-state index >= 15 is 0 Å². The fourth-order valence-corrected chi connectivity index (χ4v) is 2.97. The van der Waals surface area contributed by atoms with E-state index in [1.54, 1.807) is 12.3 Å². The van der Waals surface area contributed by atoms with Crippen LogP contribution in [0.25, 0.3) is 0 Å². The topological polar surface area (TPSA) is 54.0 Å². The zero-order valence-corrected chi connectivity index (χ0v) is 13.4. The number of carbonyl (C=O) groups is 1. The molecule has 1 fully saturated rings. The summed E-state index contributed by atoms with van der Waals surface area (Å²) >= 11 is 0. The maximum Gasteiger partial charge on any atom is 0.416 e. The molecule has 3 rings (SSSR count). The van der Waals surface area contributed by atoms with Crippen molar-refractivity contribution in [1.29, 1.82) is 0 Å². The molecule has 0 aliphatic carbocycles. The molecule has 0 radical (unpaired) electrons. The van der Waals surface area contributed by atoms with E-state index < -0.39 is 17.6 Å². The van der Waals surface area contributed by atoms with Gasteiger partial charge in [0.2, 0.25) is 0 Å². The van der Waals surface area contributed by atoms with Crippen LogP contribution in [0.2, 0.25) is 0 Å². The van der Waals surface area contributed by atoms with E-state index in [-0.39, 0.29) is 18.2 Å². The number of amides is 1. The third-order valence-electron chi connectivity index (χ3n) is 4.25. The zero-order chi connectivity index (χ0) is 17.9. The molecule has 1 aliphatic heterocycles. The molecule has 25 heavy (non-hydrogen) atoms. The first-order valence-corrected chi connectivity index (χ1v) is 8.07. The highest BCUT2D eigenvalue weighted by atomic mass is 19.4. The molecule has 1 unspecified atom stereocenters. The first kappa shape index (κ1) is 17.4. The molecule has 1 aromatic heterocycles. The molecule has 1 amide bonds. The highest BCUT2D eigenvalue weighted by Gasteiger charge is 2.32. The van der Waals surface area contributed by atoms with Gasteiger partial charge in [0, 0.05) is 25.0 Å². The Hall–Kier alpha value is -2.41. The van der Waals surface area contributed by atoms with Gasteiger partial charge in [-0.1, -0.05) is 18.2 Å². The highest BCUT2D eigenvalue weighted by molar-refractivity contribution is 5.94. The molecule has 1 aliphatic rings. The molecule has 1 saturated heterocycles. The fraction of sp³-hybridized carbons (Fsp3) is 0.333. The third-order valence-corrected chi connectivity index (χ3v) is 4.25. The van der Waals surface area contributed by atoms with E-state index in [9.17, 15) is 18.0 Å². The van der Waals surface area contributed by atoms with Crippen LogP contribution in [0.4, 0.5) is 13.2 Å². The van der Waals surface area contributed by atoms with Crippen molar-refractivity contribution in [3.8, 4) is 0 Å². The van der Waals surface area contributed by atoms with Crippen molar-refractivity contribution >= 4 is 5.91 Å². The van der Waals surface area contributed by atoms with Crippen LogP contribution in [-0.2, 0) is 12.7 Å². The van der Waals surface area contributed by atoms with E-state index in [1.165, 1.54) is 24.4 Å². The minimum Gasteiger partial charge on any atom is -0.348 e. The molecular weight excluding hydrogens is 331 g/mol. The van der Waals surface area contributed by atoms with Gasteiger partial charge in [0.25, 0.3) is 5.91 Å². The largest absolute Gasteiger partial charge is 0.416 e. The van der Waals surface area contributed by atoms with Crippen LogP contribution < -0.4 is 10.6 Å². The molecule has 2 N–H and O–H groups in total. The van der Waals surface area contributed by atoms with Crippen LogP contribution >= 0.6 is 0 Å². The number of pyridine rings is 1. The quantitative estimate of drug-likeness (QED) is 0.889. The normalized spacial score (nSPS) is 17.5. The van der Waals surface area contributed by atoms with Crippen molar-refractivity contribution in [3.63, 3.8) is 0 Å². The van der Waals surface area contributed by atoms with Gasteiger partial charge < -0.3 is 10.6 Å². The summed E-state index contributed by atoms with van der Waals surface area (Å²) in [5.41, 5.74) is 0.554. The molecule has 7 heteroatoms. The number of alkyl halides is 3. The Balaban J connectivity index is 1.70. The van der Waals surface area contributed by atoms with Gasteiger partial charge in [-0.2, -0.15) is 13.2 Å². The van der Waals surface area contributed by atoms with Crippen LogP contribution in [0.5, 0.6) is 0 Å². The predicted octanol–water partition coefficient (Wildman–Crippen LogP) is 3.45. The predicted molar refractivity (Wildman–Crippen MR) is 86.8 cm³/mol. The summed E-state index contributed by atoms with van der Waals surface area (Å²) in [5, 5.41) is 5.87. The van der Waals surface area contributed by atoms with Crippen molar-refractivity contribution < 1.29 is 18.0 Å². The van der Waals surface area contributed by atoms with E-state index in [4.69, 9.17) is 0 Å². The fourth-order valence-electron chi connectivity index (χ4n) is 2.97. The summed E-state index contributed by atoms with van der Waals surface area (Å²) < 4.78 is 39.0. The van der Waals surface area contributed by atoms with E-state index in [2.05, 4.69) is 15.6 Å². The molecule has 0 spiro atoms. The Morgan fingerprint density at radius 2 is 2.08 bits per heavy atom. The summed E-state index contributed by atoms with van der Waals surface area (Å²) in [6.45, 7) is 0.732. The van der Waals surface area contributed by atoms with Crippen molar-refractivity contribution in [2.45, 2.75) is 31.6 Å². The lowest BCUT2D eigenvalue weighted by molar-refractivity contribution is -0.138. The second-order valence-corrected chi connectivity index (χ2v) is 5.99. The van der Waals surface area contributed by atoms with Gasteiger partial charge in [-0.25, -0.2) is 0 Å². The van der Waals surface area contributed by atoms with Gasteiger partial charge in [-0.15, -0.1) is 0 Å². The minimum absolute atomic E-state index is 0.0323. The molecule has 2 aromatic rings. The number of halogens is 3. The summed E-state index contributed by atoms with van der Waals surface area (Å²) in [7, 11) is 0. The molecular formula is C18H18F3N3O. The minimum atomic E-state index is -4.45. The van der Waals surface area contributed by atoms with Crippen molar-refractivity contribution in [3.05, 3.63) is 65.0 Å². The smallest absolute Gasteiger partial charge is 0.348 e. The second kappa shape index (κ2) is 7.23. The standard InChI is InChI=1S/C18H18F3N3O/c19-18(20,21)15-5-2-1-4-12(15)11-24-17(25)14-8-13(9-22-10-14)16-6-3-7-23-16/h1-2,4-5,8-10,16,23H,3,6-7,11H2,(H,24,25). The SMILES string of the molecule is O=C(NCc1ccccc1C(F)(F)F)c1cncc(C2CCCN2)c1. The van der Waals surface area contributed by atoms with E-state index in [0.717, 1.165) is 31.0 Å². The van der Waals surface area contributed by atoms with Crippen LogP contribution in [0, 0.1) is 0 Å². The number of nitrogens with zero attached hydrogens (tertiary/aromatic N) is 1. The number of nitrogens with one attached hydrogen (secondary N) is 2. The lowest BCUT2D eigenvalue weighted by Crippen LogP contribution is -2.25. The number of rotatable bonds is 4. The highest BCUT2D eigenvalue weighted by Crippen LogP contribution is 2.31. The molecule has 1 aromatic carbocycles. The number of hydrogen-bond acceptors (Lipinski definition) is 3. The van der Waals surface area contributed by atoms with Crippen molar-refractivity contribution in [2.75, 3.05) is 6.54 Å². The van der Waals surface area contributed by atoms with Crippen LogP contribution in [0.3, 0.4) is 0 Å². The summed E-state index contributed by atoms with van der Waals surface area (Å²) in [6, 6.07) is 7.13. The number of aromatic nitrogens is 1. The Morgan fingerprint density at radius 3 is 2.80 bits per heavy atom. The van der Waals surface area contributed by atoms with Gasteiger partial charge in [-0.05, 0) is 42.6 Å². The Labute approximate surface area is 143 Å². The van der Waals surface area contributed by atoms with Crippen LogP contribution in [0.15, 0.2) is 42.7 Å². The van der Waals surface area contributed by atoms with Gasteiger partial charge in [0.1, 0.15) is 0 Å². The summed E-state index contributed by atoms with van der Waals surface area (Å²) in [4.78, 5) is 16.4. The average molecular weight is 349 g/mol. The lowest BCUT2D eigenvalue weighted by Gasteiger charge is -2.14. The van der Waals surface area contributed by atoms with E-state index in [1.807, 2.05) is 0 Å². The molecule has 0 saturated carbocycles. The zero-order valence-electron chi connectivity index (χ0n) is 13.4. The monoisotopic (exact) mass is 349 g/mol. The van der Waals surface area contributed by atoms with Gasteiger partial charge in [-0.3, -0.25) is 9.78 Å². The number of hydrogen-bond donors (Lipinski definition) is 2. The molecule has 1 atom stereocenters. The third kappa shape index (κ3) is 4.17. The molecule has 4 nitrogen and oxygen atoms in total. The molecule has 0 bridgehead atoms. The van der Waals surface area contributed by atoms with Gasteiger partial charge in [0.15, 0.2) is 0 Å². The Morgan fingerprint density at radius 1 is 1.28 bits per heavy atom. The number of benzene rings is 1.